The van der Waals surface area contributed by atoms with E-state index in [1.807, 2.05) is 0 Å². The Kier molecular flexibility index (Phi) is 7.34. The van der Waals surface area contributed by atoms with Crippen LogP contribution in [0.25, 0.3) is 0 Å². The molecule has 0 saturated carbocycles. The molecule has 1 aromatic carbocycles. The highest BCUT2D eigenvalue weighted by Crippen LogP contribution is 2.30. The predicted molar refractivity (Wildman–Crippen MR) is 84.7 cm³/mol. The molecule has 0 unspecified atom stereocenters. The van der Waals surface area contributed by atoms with Gasteiger partial charge in [-0.25, -0.2) is 4.79 Å². The van der Waals surface area contributed by atoms with Gasteiger partial charge in [-0.3, -0.25) is 4.79 Å². The zero-order valence-corrected chi connectivity index (χ0v) is 14.0. The number of alkyl halides is 4. The summed E-state index contributed by atoms with van der Waals surface area (Å²) in [5.74, 6) is -0.351. The minimum absolute atomic E-state index is 0.163. The molecule has 3 N–H and O–H groups in total. The molecule has 3 amide bonds. The van der Waals surface area contributed by atoms with Crippen molar-refractivity contribution in [1.29, 1.82) is 0 Å². The summed E-state index contributed by atoms with van der Waals surface area (Å²) >= 11 is 5.56. The number of nitrogens with one attached hydrogen (secondary N) is 3. The van der Waals surface area contributed by atoms with Gasteiger partial charge in [-0.15, -0.1) is 11.6 Å². The summed E-state index contributed by atoms with van der Waals surface area (Å²) in [6.07, 6.45) is -4.43. The van der Waals surface area contributed by atoms with E-state index in [9.17, 15) is 22.8 Å². The Bertz CT molecular complexity index is 579. The molecule has 0 spiro atoms. The summed E-state index contributed by atoms with van der Waals surface area (Å²) < 4.78 is 38.0. The van der Waals surface area contributed by atoms with E-state index in [1.165, 1.54) is 19.1 Å². The van der Waals surface area contributed by atoms with Gasteiger partial charge in [-0.2, -0.15) is 13.2 Å². The maximum atomic E-state index is 12.7. The standard InChI is InChI=1S/C15H19ClF3N3O2/c1-9(16)13(23)20-6-7-21-14(24)22-10(2)11-4-3-5-12(8-11)15(17,18)19/h3-5,8-10H,6-7H2,1-2H3,(H,20,23)(H2,21,22,24)/t9-,10-/m1/s1. The van der Waals surface area contributed by atoms with E-state index in [4.69, 9.17) is 11.6 Å². The first-order chi connectivity index (χ1) is 11.1. The molecule has 0 fully saturated rings. The summed E-state index contributed by atoms with van der Waals surface area (Å²) in [6, 6.07) is 3.60. The molecule has 0 aromatic heterocycles. The third-order valence-corrected chi connectivity index (χ3v) is 3.33. The highest BCUT2D eigenvalue weighted by Gasteiger charge is 2.30. The lowest BCUT2D eigenvalue weighted by molar-refractivity contribution is -0.137. The molecule has 2 atom stereocenters. The summed E-state index contributed by atoms with van der Waals surface area (Å²) in [4.78, 5) is 22.9. The third kappa shape index (κ3) is 6.66. The number of rotatable bonds is 6. The van der Waals surface area contributed by atoms with Gasteiger partial charge >= 0.3 is 12.2 Å². The first kappa shape index (κ1) is 20.1. The third-order valence-electron chi connectivity index (χ3n) is 3.13. The predicted octanol–water partition coefficient (Wildman–Crippen LogP) is 2.81. The lowest BCUT2D eigenvalue weighted by Gasteiger charge is -2.17. The van der Waals surface area contributed by atoms with Crippen LogP contribution in [0, 0.1) is 0 Å². The molecule has 0 aliphatic heterocycles. The minimum atomic E-state index is -4.43. The molecule has 1 aromatic rings. The fourth-order valence-corrected chi connectivity index (χ4v) is 1.89. The monoisotopic (exact) mass is 365 g/mol. The van der Waals surface area contributed by atoms with Crippen LogP contribution >= 0.6 is 11.6 Å². The molecular weight excluding hydrogens is 347 g/mol. The Hall–Kier alpha value is -1.96. The van der Waals surface area contributed by atoms with Crippen molar-refractivity contribution in [3.8, 4) is 0 Å². The van der Waals surface area contributed by atoms with Crippen molar-refractivity contribution >= 4 is 23.5 Å². The molecule has 0 radical (unpaired) electrons. The lowest BCUT2D eigenvalue weighted by Crippen LogP contribution is -2.42. The SMILES string of the molecule is C[C@@H](Cl)C(=O)NCCNC(=O)N[C@H](C)c1cccc(C(F)(F)F)c1. The average Bonchev–Trinajstić information content (AvgIpc) is 2.50. The van der Waals surface area contributed by atoms with E-state index in [1.54, 1.807) is 6.92 Å². The van der Waals surface area contributed by atoms with Crippen LogP contribution in [-0.4, -0.2) is 30.4 Å². The Balaban J connectivity index is 2.46. The maximum Gasteiger partial charge on any atom is 0.416 e. The summed E-state index contributed by atoms with van der Waals surface area (Å²) in [5.41, 5.74) is -0.434. The van der Waals surface area contributed by atoms with Crippen molar-refractivity contribution in [2.24, 2.45) is 0 Å². The van der Waals surface area contributed by atoms with E-state index >= 15 is 0 Å². The zero-order valence-electron chi connectivity index (χ0n) is 13.2. The number of benzene rings is 1. The number of hydrogen-bond donors (Lipinski definition) is 3. The van der Waals surface area contributed by atoms with Gasteiger partial charge in [0.15, 0.2) is 0 Å². The maximum absolute atomic E-state index is 12.7. The second-order valence-electron chi connectivity index (χ2n) is 5.15. The first-order valence-electron chi connectivity index (χ1n) is 7.24. The normalized spacial score (nSPS) is 13.8. The molecule has 0 bridgehead atoms. The number of carbonyl (C=O) groups is 2. The van der Waals surface area contributed by atoms with Crippen LogP contribution in [0.5, 0.6) is 0 Å². The van der Waals surface area contributed by atoms with Crippen LogP contribution in [0.1, 0.15) is 31.0 Å². The van der Waals surface area contributed by atoms with Crippen LogP contribution in [0.3, 0.4) is 0 Å². The molecule has 1 rings (SSSR count). The number of carbonyl (C=O) groups excluding carboxylic acids is 2. The first-order valence-corrected chi connectivity index (χ1v) is 7.68. The fraction of sp³-hybridized carbons (Fsp3) is 0.467. The van der Waals surface area contributed by atoms with Crippen molar-refractivity contribution in [3.63, 3.8) is 0 Å². The van der Waals surface area contributed by atoms with E-state index in [-0.39, 0.29) is 19.0 Å². The smallest absolute Gasteiger partial charge is 0.353 e. The molecule has 0 aliphatic rings. The lowest BCUT2D eigenvalue weighted by atomic mass is 10.1. The Morgan fingerprint density at radius 2 is 1.79 bits per heavy atom. The van der Waals surface area contributed by atoms with Crippen molar-refractivity contribution in [1.82, 2.24) is 16.0 Å². The van der Waals surface area contributed by atoms with Crippen molar-refractivity contribution < 1.29 is 22.8 Å². The molecule has 0 aliphatic carbocycles. The molecule has 134 valence electrons. The van der Waals surface area contributed by atoms with Gasteiger partial charge in [0.2, 0.25) is 5.91 Å². The van der Waals surface area contributed by atoms with Gasteiger partial charge in [-0.05, 0) is 31.5 Å². The van der Waals surface area contributed by atoms with Crippen LogP contribution in [0.15, 0.2) is 24.3 Å². The minimum Gasteiger partial charge on any atom is -0.353 e. The highest BCUT2D eigenvalue weighted by molar-refractivity contribution is 6.30. The van der Waals surface area contributed by atoms with Crippen molar-refractivity contribution in [2.75, 3.05) is 13.1 Å². The summed E-state index contributed by atoms with van der Waals surface area (Å²) in [6.45, 7) is 3.46. The molecule has 5 nitrogen and oxygen atoms in total. The van der Waals surface area contributed by atoms with Gasteiger partial charge in [-0.1, -0.05) is 12.1 Å². The Morgan fingerprint density at radius 1 is 1.17 bits per heavy atom. The summed E-state index contributed by atoms with van der Waals surface area (Å²) in [5, 5.41) is 6.86. The van der Waals surface area contributed by atoms with Gasteiger partial charge < -0.3 is 16.0 Å². The van der Waals surface area contributed by atoms with Crippen LogP contribution in [-0.2, 0) is 11.0 Å². The highest BCUT2D eigenvalue weighted by atomic mass is 35.5. The fourth-order valence-electron chi connectivity index (χ4n) is 1.82. The van der Waals surface area contributed by atoms with Gasteiger partial charge in [0.25, 0.3) is 0 Å². The number of halogens is 4. The number of hydrogen-bond acceptors (Lipinski definition) is 2. The van der Waals surface area contributed by atoms with E-state index < -0.39 is 29.2 Å². The number of urea groups is 1. The largest absolute Gasteiger partial charge is 0.416 e. The molecule has 9 heteroatoms. The second kappa shape index (κ2) is 8.77. The van der Waals surface area contributed by atoms with Crippen LogP contribution in [0.4, 0.5) is 18.0 Å². The van der Waals surface area contributed by atoms with Gasteiger partial charge in [0, 0.05) is 13.1 Å². The molecule has 24 heavy (non-hydrogen) atoms. The molecule has 0 heterocycles. The summed E-state index contributed by atoms with van der Waals surface area (Å²) in [7, 11) is 0. The van der Waals surface area contributed by atoms with E-state index in [2.05, 4.69) is 16.0 Å². The molecule has 0 saturated heterocycles. The van der Waals surface area contributed by atoms with Gasteiger partial charge in [0.1, 0.15) is 5.38 Å². The van der Waals surface area contributed by atoms with E-state index in [0.717, 1.165) is 12.1 Å². The second-order valence-corrected chi connectivity index (χ2v) is 5.81. The van der Waals surface area contributed by atoms with E-state index in [0.29, 0.717) is 5.56 Å². The molecular formula is C15H19ClF3N3O2. The quantitative estimate of drug-likeness (QED) is 0.536. The zero-order chi connectivity index (χ0) is 18.3. The Morgan fingerprint density at radius 3 is 2.38 bits per heavy atom. The van der Waals surface area contributed by atoms with Gasteiger partial charge in [0.05, 0.1) is 11.6 Å². The Labute approximate surface area is 142 Å². The van der Waals surface area contributed by atoms with Crippen LogP contribution in [0.2, 0.25) is 0 Å². The number of amides is 3. The van der Waals surface area contributed by atoms with Crippen molar-refractivity contribution in [3.05, 3.63) is 35.4 Å². The topological polar surface area (TPSA) is 70.2 Å². The van der Waals surface area contributed by atoms with Crippen LogP contribution < -0.4 is 16.0 Å². The van der Waals surface area contributed by atoms with Crippen molar-refractivity contribution in [2.45, 2.75) is 31.4 Å². The average molecular weight is 366 g/mol.